The molecule has 0 spiro atoms. The Morgan fingerprint density at radius 1 is 0.575 bits per heavy atom. The van der Waals surface area contributed by atoms with Crippen LogP contribution in [0.2, 0.25) is 0 Å². The van der Waals surface area contributed by atoms with Crippen molar-refractivity contribution in [2.24, 2.45) is 0 Å². The highest BCUT2D eigenvalue weighted by Crippen LogP contribution is 2.32. The van der Waals surface area contributed by atoms with Gasteiger partial charge in [0.2, 0.25) is 0 Å². The number of carboxylic acids is 3. The maximum Gasteiger partial charge on any atom is 0.362 e. The van der Waals surface area contributed by atoms with Gasteiger partial charge in [0.05, 0.1) is 12.5 Å². The summed E-state index contributed by atoms with van der Waals surface area (Å²) in [5.74, 6) is -3.65. The molecular weight excluding hydrogens is 506 g/mol. The summed E-state index contributed by atoms with van der Waals surface area (Å²) in [5, 5.41) is 32.1. The molecule has 234 valence electrons. The molecule has 0 amide bonds. The lowest BCUT2D eigenvalue weighted by Gasteiger charge is -2.51. The van der Waals surface area contributed by atoms with Gasteiger partial charge in [0.15, 0.2) is 12.1 Å². The van der Waals surface area contributed by atoms with Crippen molar-refractivity contribution in [2.45, 2.75) is 174 Å². The normalized spacial score (nSPS) is 15.5. The van der Waals surface area contributed by atoms with Crippen LogP contribution < -0.4 is 5.11 Å². The van der Waals surface area contributed by atoms with Crippen molar-refractivity contribution in [1.82, 2.24) is 0 Å². The largest absolute Gasteiger partial charge is 0.544 e. The van der Waals surface area contributed by atoms with Crippen molar-refractivity contribution >= 4 is 17.9 Å². The van der Waals surface area contributed by atoms with Gasteiger partial charge in [-0.15, -0.1) is 0 Å². The Morgan fingerprint density at radius 3 is 1.25 bits per heavy atom. The standard InChI is InChI=1S/C33H61NO6/c1-5-9-10-11-12-13-14-15-16-17-18-19-20-21-22-23-24-25-26-27-34(28(6-2)31(35)36,29(7-3)32(37)38)30(8-4)33(39)40/h13-14,28-30H,5-12,15-27H2,1-4H3,(H2-,35,36,37,38,39,40)/b14-13+. The van der Waals surface area contributed by atoms with Crippen LogP contribution in [0.5, 0.6) is 0 Å². The third-order valence-electron chi connectivity index (χ3n) is 8.55. The summed E-state index contributed by atoms with van der Waals surface area (Å²) in [7, 11) is 0. The van der Waals surface area contributed by atoms with E-state index in [0.717, 1.165) is 25.7 Å². The zero-order valence-corrected chi connectivity index (χ0v) is 26.2. The Kier molecular flexibility index (Phi) is 22.7. The molecule has 0 radical (unpaired) electrons. The number of hydrogen-bond donors (Lipinski definition) is 2. The molecule has 7 nitrogen and oxygen atoms in total. The average molecular weight is 568 g/mol. The number of unbranched alkanes of at least 4 members (excludes halogenated alkanes) is 15. The first-order chi connectivity index (χ1) is 19.2. The number of quaternary nitrogens is 1. The lowest BCUT2D eigenvalue weighted by Crippen LogP contribution is -2.73. The lowest BCUT2D eigenvalue weighted by molar-refractivity contribution is -0.974. The summed E-state index contributed by atoms with van der Waals surface area (Å²) in [4.78, 5) is 36.6. The molecule has 3 unspecified atom stereocenters. The Bertz CT molecular complexity index is 652. The second-order valence-electron chi connectivity index (χ2n) is 11.5. The van der Waals surface area contributed by atoms with E-state index >= 15 is 0 Å². The van der Waals surface area contributed by atoms with Gasteiger partial charge in [0.1, 0.15) is 6.04 Å². The third-order valence-corrected chi connectivity index (χ3v) is 8.55. The van der Waals surface area contributed by atoms with E-state index in [-0.39, 0.29) is 25.8 Å². The van der Waals surface area contributed by atoms with Crippen LogP contribution in [0.15, 0.2) is 12.2 Å². The van der Waals surface area contributed by atoms with E-state index in [1.807, 2.05) is 0 Å². The zero-order valence-electron chi connectivity index (χ0n) is 26.2. The van der Waals surface area contributed by atoms with E-state index in [0.29, 0.717) is 6.42 Å². The molecule has 0 aromatic heterocycles. The molecule has 0 aliphatic heterocycles. The molecule has 0 fully saturated rings. The van der Waals surface area contributed by atoms with Crippen LogP contribution in [0, 0.1) is 0 Å². The van der Waals surface area contributed by atoms with Crippen LogP contribution in [-0.4, -0.2) is 57.3 Å². The molecule has 0 aliphatic rings. The van der Waals surface area contributed by atoms with E-state index in [9.17, 15) is 29.7 Å². The number of hydrogen-bond acceptors (Lipinski definition) is 4. The first kappa shape index (κ1) is 38.1. The van der Waals surface area contributed by atoms with Crippen molar-refractivity contribution in [1.29, 1.82) is 0 Å². The molecule has 3 atom stereocenters. The fourth-order valence-electron chi connectivity index (χ4n) is 6.43. The molecule has 0 heterocycles. The summed E-state index contributed by atoms with van der Waals surface area (Å²) >= 11 is 0. The number of carbonyl (C=O) groups is 3. The quantitative estimate of drug-likeness (QED) is 0.0584. The highest BCUT2D eigenvalue weighted by Gasteiger charge is 2.53. The van der Waals surface area contributed by atoms with E-state index < -0.39 is 40.5 Å². The predicted octanol–water partition coefficient (Wildman–Crippen LogP) is 7.27. The van der Waals surface area contributed by atoms with Gasteiger partial charge >= 0.3 is 11.9 Å². The molecule has 0 rings (SSSR count). The van der Waals surface area contributed by atoms with Crippen LogP contribution >= 0.6 is 0 Å². The van der Waals surface area contributed by atoms with Gasteiger partial charge in [0, 0.05) is 19.3 Å². The number of nitrogens with zero attached hydrogens (tertiary/aromatic N) is 1. The highest BCUT2D eigenvalue weighted by atomic mass is 16.4. The SMILES string of the molecule is CCCCCC/C=C/CCCCCCCCCCCCC[N+](C(CC)C(=O)[O-])(C(CC)C(=O)O)C(CC)C(=O)O. The number of allylic oxidation sites excluding steroid dienone is 2. The summed E-state index contributed by atoms with van der Waals surface area (Å²) in [6.07, 6.45) is 25.2. The molecule has 7 heteroatoms. The minimum atomic E-state index is -1.36. The Labute approximate surface area is 245 Å². The average Bonchev–Trinajstić information content (AvgIpc) is 2.90. The molecule has 40 heavy (non-hydrogen) atoms. The molecule has 0 saturated heterocycles. The fourth-order valence-corrected chi connectivity index (χ4v) is 6.43. The first-order valence-electron chi connectivity index (χ1n) is 16.4. The smallest absolute Gasteiger partial charge is 0.362 e. The van der Waals surface area contributed by atoms with Crippen LogP contribution in [0.1, 0.15) is 156 Å². The third kappa shape index (κ3) is 14.1. The minimum absolute atomic E-state index is 0.131. The first-order valence-corrected chi connectivity index (χ1v) is 16.4. The zero-order chi connectivity index (χ0) is 30.2. The summed E-state index contributed by atoms with van der Waals surface area (Å²) in [5.41, 5.74) is 0. The van der Waals surface area contributed by atoms with Crippen molar-refractivity contribution in [3.63, 3.8) is 0 Å². The number of aliphatic carboxylic acids is 3. The van der Waals surface area contributed by atoms with Crippen LogP contribution in [0.4, 0.5) is 0 Å². The van der Waals surface area contributed by atoms with Gasteiger partial charge in [-0.25, -0.2) is 9.59 Å². The van der Waals surface area contributed by atoms with E-state index in [4.69, 9.17) is 0 Å². The molecule has 0 aromatic carbocycles. The highest BCUT2D eigenvalue weighted by molar-refractivity contribution is 5.77. The Hall–Kier alpha value is -1.89. The van der Waals surface area contributed by atoms with Gasteiger partial charge in [0.25, 0.3) is 0 Å². The fraction of sp³-hybridized carbons (Fsp3) is 0.848. The van der Waals surface area contributed by atoms with Gasteiger partial charge in [-0.3, -0.25) is 4.48 Å². The number of carboxylic acid groups (broad SMARTS) is 3. The van der Waals surface area contributed by atoms with E-state index in [1.165, 1.54) is 77.0 Å². The molecule has 0 saturated carbocycles. The van der Waals surface area contributed by atoms with Crippen molar-refractivity contribution in [3.05, 3.63) is 12.2 Å². The van der Waals surface area contributed by atoms with Crippen molar-refractivity contribution in [2.75, 3.05) is 6.54 Å². The van der Waals surface area contributed by atoms with Gasteiger partial charge in [-0.05, 0) is 38.5 Å². The number of rotatable bonds is 28. The van der Waals surface area contributed by atoms with Gasteiger partial charge < -0.3 is 20.1 Å². The summed E-state index contributed by atoms with van der Waals surface area (Å²) in [6.45, 7) is 7.52. The molecule has 0 bridgehead atoms. The Balaban J connectivity index is 4.50. The second kappa shape index (κ2) is 23.8. The van der Waals surface area contributed by atoms with Gasteiger partial charge in [-0.1, -0.05) is 110 Å². The van der Waals surface area contributed by atoms with Crippen molar-refractivity contribution < 1.29 is 34.2 Å². The topological polar surface area (TPSA) is 115 Å². The van der Waals surface area contributed by atoms with Gasteiger partial charge in [-0.2, -0.15) is 0 Å². The second-order valence-corrected chi connectivity index (χ2v) is 11.5. The van der Waals surface area contributed by atoms with Crippen LogP contribution in [0.3, 0.4) is 0 Å². The predicted molar refractivity (Wildman–Crippen MR) is 161 cm³/mol. The molecule has 0 aromatic rings. The van der Waals surface area contributed by atoms with E-state index in [2.05, 4.69) is 19.1 Å². The van der Waals surface area contributed by atoms with Crippen LogP contribution in [0.25, 0.3) is 0 Å². The minimum Gasteiger partial charge on any atom is -0.544 e. The lowest BCUT2D eigenvalue weighted by atomic mass is 9.93. The summed E-state index contributed by atoms with van der Waals surface area (Å²) in [6, 6.07) is -3.38. The maximum absolute atomic E-state index is 12.2. The molecule has 0 aliphatic carbocycles. The maximum atomic E-state index is 12.2. The molecular formula is C33H61NO6. The van der Waals surface area contributed by atoms with Crippen LogP contribution in [-0.2, 0) is 14.4 Å². The summed E-state index contributed by atoms with van der Waals surface area (Å²) < 4.78 is -0.467. The van der Waals surface area contributed by atoms with Crippen molar-refractivity contribution in [3.8, 4) is 0 Å². The Morgan fingerprint density at radius 2 is 0.925 bits per heavy atom. The number of carbonyl (C=O) groups excluding carboxylic acids is 1. The monoisotopic (exact) mass is 567 g/mol. The van der Waals surface area contributed by atoms with E-state index in [1.54, 1.807) is 20.8 Å². The molecule has 2 N–H and O–H groups in total.